The van der Waals surface area contributed by atoms with E-state index in [1.165, 1.54) is 0 Å². The summed E-state index contributed by atoms with van der Waals surface area (Å²) in [4.78, 5) is 6.78. The Labute approximate surface area is 193 Å². The molecule has 9 heteroatoms. The molecular weight excluding hydrogens is 428 g/mol. The predicted molar refractivity (Wildman–Crippen MR) is 122 cm³/mol. The van der Waals surface area contributed by atoms with Crippen LogP contribution in [0.2, 0.25) is 0 Å². The summed E-state index contributed by atoms with van der Waals surface area (Å²) in [5.41, 5.74) is 8.57. The number of nitrogens with two attached hydrogens (primary N) is 1. The number of aromatic nitrogens is 3. The second-order valence-electron chi connectivity index (χ2n) is 9.93. The minimum Gasteiger partial charge on any atom is -0.487 e. The van der Waals surface area contributed by atoms with Gasteiger partial charge in [0.2, 0.25) is 5.92 Å². The zero-order valence-electron chi connectivity index (χ0n) is 19.3. The average molecular weight is 462 g/mol. The first-order chi connectivity index (χ1) is 15.8. The second kappa shape index (κ2) is 8.83. The highest BCUT2D eigenvalue weighted by Gasteiger charge is 2.42. The number of alkyl halides is 2. The van der Waals surface area contributed by atoms with Gasteiger partial charge in [-0.15, -0.1) is 0 Å². The fourth-order valence-electron chi connectivity index (χ4n) is 5.22. The first kappa shape index (κ1) is 22.5. The molecule has 5 rings (SSSR count). The standard InChI is InChI=1S/C24H33F2N5O2/c1-15(2)33-22-9-17(12-28-23(22)27)20-10-21(31(29-20)18-3-6-24(25,26)11-18)16-4-7-30(8-5-16)19-13-32-14-19/h9-10,12,15-16,18-19H,3-8,11,13-14H2,1-2H3,(H2,27,28). The van der Waals surface area contributed by atoms with Gasteiger partial charge in [0.1, 0.15) is 0 Å². The first-order valence-corrected chi connectivity index (χ1v) is 12.0. The van der Waals surface area contributed by atoms with E-state index >= 15 is 0 Å². The first-order valence-electron chi connectivity index (χ1n) is 12.0. The summed E-state index contributed by atoms with van der Waals surface area (Å²) in [7, 11) is 0. The van der Waals surface area contributed by atoms with Crippen molar-refractivity contribution in [1.29, 1.82) is 0 Å². The number of pyridine rings is 1. The molecule has 4 heterocycles. The number of ether oxygens (including phenoxy) is 2. The van der Waals surface area contributed by atoms with Crippen LogP contribution in [0, 0.1) is 0 Å². The molecule has 2 aliphatic heterocycles. The molecule has 0 radical (unpaired) electrons. The van der Waals surface area contributed by atoms with E-state index in [9.17, 15) is 8.78 Å². The van der Waals surface area contributed by atoms with Crippen LogP contribution >= 0.6 is 0 Å². The van der Waals surface area contributed by atoms with Crippen LogP contribution in [0.3, 0.4) is 0 Å². The fraction of sp³-hybridized carbons (Fsp3) is 0.667. The third-order valence-corrected chi connectivity index (χ3v) is 7.11. The van der Waals surface area contributed by atoms with Crippen molar-refractivity contribution in [2.75, 3.05) is 32.0 Å². The van der Waals surface area contributed by atoms with E-state index in [4.69, 9.17) is 20.3 Å². The number of piperidine rings is 1. The van der Waals surface area contributed by atoms with Gasteiger partial charge < -0.3 is 15.2 Å². The van der Waals surface area contributed by atoms with E-state index in [1.54, 1.807) is 6.20 Å². The van der Waals surface area contributed by atoms with Crippen molar-refractivity contribution in [3.05, 3.63) is 24.0 Å². The van der Waals surface area contributed by atoms with Gasteiger partial charge in [-0.2, -0.15) is 5.10 Å². The van der Waals surface area contributed by atoms with Gasteiger partial charge in [0.25, 0.3) is 0 Å². The minimum absolute atomic E-state index is 0.0376. The van der Waals surface area contributed by atoms with Crippen LogP contribution in [0.4, 0.5) is 14.6 Å². The van der Waals surface area contributed by atoms with Crippen molar-refractivity contribution in [3.8, 4) is 17.0 Å². The normalized spacial score (nSPS) is 24.3. The Kier molecular flexibility index (Phi) is 6.03. The molecule has 2 aromatic rings. The largest absolute Gasteiger partial charge is 0.487 e. The highest BCUT2D eigenvalue weighted by Crippen LogP contribution is 2.44. The van der Waals surface area contributed by atoms with Crippen LogP contribution in [0.25, 0.3) is 11.3 Å². The smallest absolute Gasteiger partial charge is 0.250 e. The van der Waals surface area contributed by atoms with Crippen molar-refractivity contribution < 1.29 is 18.3 Å². The van der Waals surface area contributed by atoms with Gasteiger partial charge in [0.05, 0.1) is 37.1 Å². The molecule has 7 nitrogen and oxygen atoms in total. The molecule has 0 amide bonds. The number of nitrogen functional groups attached to an aromatic ring is 1. The summed E-state index contributed by atoms with van der Waals surface area (Å²) in [6.07, 6.45) is 3.84. The topological polar surface area (TPSA) is 78.4 Å². The number of nitrogens with zero attached hydrogens (tertiary/aromatic N) is 4. The van der Waals surface area contributed by atoms with E-state index in [2.05, 4.69) is 16.0 Å². The maximum absolute atomic E-state index is 14.1. The quantitative estimate of drug-likeness (QED) is 0.693. The molecule has 1 unspecified atom stereocenters. The van der Waals surface area contributed by atoms with E-state index in [0.717, 1.165) is 56.1 Å². The Bertz CT molecular complexity index is 983. The second-order valence-corrected chi connectivity index (χ2v) is 9.93. The van der Waals surface area contributed by atoms with Crippen molar-refractivity contribution in [2.45, 2.75) is 76.0 Å². The Hall–Kier alpha value is -2.26. The molecule has 3 fully saturated rings. The number of hydrogen-bond donors (Lipinski definition) is 1. The van der Waals surface area contributed by atoms with Crippen LogP contribution in [0.5, 0.6) is 5.75 Å². The monoisotopic (exact) mass is 461 g/mol. The van der Waals surface area contributed by atoms with Gasteiger partial charge >= 0.3 is 0 Å². The molecule has 2 N–H and O–H groups in total. The molecule has 0 aromatic carbocycles. The lowest BCUT2D eigenvalue weighted by atomic mass is 9.91. The van der Waals surface area contributed by atoms with Crippen molar-refractivity contribution in [1.82, 2.24) is 19.7 Å². The van der Waals surface area contributed by atoms with Crippen LogP contribution in [-0.2, 0) is 4.74 Å². The minimum atomic E-state index is -2.62. The third-order valence-electron chi connectivity index (χ3n) is 7.11. The lowest BCUT2D eigenvalue weighted by Crippen LogP contribution is -2.51. The van der Waals surface area contributed by atoms with E-state index in [-0.39, 0.29) is 25.0 Å². The number of halogens is 2. The maximum atomic E-state index is 14.1. The molecule has 0 spiro atoms. The van der Waals surface area contributed by atoms with Gasteiger partial charge in [-0.25, -0.2) is 13.8 Å². The summed E-state index contributed by atoms with van der Waals surface area (Å²) in [6.45, 7) is 7.48. The van der Waals surface area contributed by atoms with E-state index in [1.807, 2.05) is 24.6 Å². The van der Waals surface area contributed by atoms with Gasteiger partial charge in [-0.3, -0.25) is 9.58 Å². The lowest BCUT2D eigenvalue weighted by molar-refractivity contribution is -0.0714. The Balaban J connectivity index is 1.44. The fourth-order valence-corrected chi connectivity index (χ4v) is 5.22. The van der Waals surface area contributed by atoms with E-state index in [0.29, 0.717) is 29.9 Å². The van der Waals surface area contributed by atoms with Gasteiger partial charge in [-0.05, 0) is 58.3 Å². The van der Waals surface area contributed by atoms with Crippen LogP contribution in [0.15, 0.2) is 18.3 Å². The zero-order valence-corrected chi connectivity index (χ0v) is 19.3. The highest BCUT2D eigenvalue weighted by atomic mass is 19.3. The Morgan fingerprint density at radius 1 is 1.15 bits per heavy atom. The van der Waals surface area contributed by atoms with Crippen LogP contribution < -0.4 is 10.5 Å². The van der Waals surface area contributed by atoms with Crippen LogP contribution in [0.1, 0.15) is 63.6 Å². The summed E-state index contributed by atoms with van der Waals surface area (Å²) in [5, 5.41) is 4.85. The van der Waals surface area contributed by atoms with E-state index < -0.39 is 5.92 Å². The van der Waals surface area contributed by atoms with Crippen molar-refractivity contribution in [3.63, 3.8) is 0 Å². The summed E-state index contributed by atoms with van der Waals surface area (Å²) in [5.74, 6) is -1.48. The predicted octanol–water partition coefficient (Wildman–Crippen LogP) is 4.25. The molecular formula is C24H33F2N5O2. The number of hydrogen-bond acceptors (Lipinski definition) is 6. The summed E-state index contributed by atoms with van der Waals surface area (Å²) in [6, 6.07) is 4.16. The van der Waals surface area contributed by atoms with Gasteiger partial charge in [0, 0.05) is 36.2 Å². The molecule has 0 bridgehead atoms. The number of likely N-dealkylation sites (tertiary alicyclic amines) is 1. The third kappa shape index (κ3) is 4.71. The molecule has 2 saturated heterocycles. The summed E-state index contributed by atoms with van der Waals surface area (Å²) < 4.78 is 41.2. The Morgan fingerprint density at radius 2 is 1.91 bits per heavy atom. The molecule has 3 aliphatic rings. The number of anilines is 1. The molecule has 2 aromatic heterocycles. The van der Waals surface area contributed by atoms with Crippen LogP contribution in [-0.4, -0.2) is 64.0 Å². The molecule has 33 heavy (non-hydrogen) atoms. The van der Waals surface area contributed by atoms with Gasteiger partial charge in [0.15, 0.2) is 11.6 Å². The molecule has 1 atom stereocenters. The molecule has 1 saturated carbocycles. The van der Waals surface area contributed by atoms with Crippen molar-refractivity contribution in [2.24, 2.45) is 0 Å². The lowest BCUT2D eigenvalue weighted by Gasteiger charge is -2.41. The molecule has 180 valence electrons. The number of rotatable bonds is 6. The SMILES string of the molecule is CC(C)Oc1cc(-c2cc(C3CCN(C4COC4)CC3)n(C3CCC(F)(F)C3)n2)cnc1N. The highest BCUT2D eigenvalue weighted by molar-refractivity contribution is 5.64. The summed E-state index contributed by atoms with van der Waals surface area (Å²) >= 11 is 0. The zero-order chi connectivity index (χ0) is 23.2. The molecule has 1 aliphatic carbocycles. The Morgan fingerprint density at radius 3 is 2.52 bits per heavy atom. The maximum Gasteiger partial charge on any atom is 0.250 e. The average Bonchev–Trinajstić information content (AvgIpc) is 3.32. The van der Waals surface area contributed by atoms with Crippen molar-refractivity contribution >= 4 is 5.82 Å². The van der Waals surface area contributed by atoms with Gasteiger partial charge in [-0.1, -0.05) is 0 Å².